The SMILES string of the molecule is COc1ccc([C@H]2CC(c3ccccc3OC(C)=O)=NN2C(=O)c2ccccc2)cc1. The molecule has 0 saturated carbocycles. The van der Waals surface area contributed by atoms with Crippen LogP contribution in [-0.4, -0.2) is 29.7 Å². The molecule has 0 aliphatic carbocycles. The van der Waals surface area contributed by atoms with Crippen molar-refractivity contribution in [3.63, 3.8) is 0 Å². The Balaban J connectivity index is 1.74. The fraction of sp³-hybridized carbons (Fsp3) is 0.160. The number of para-hydroxylation sites is 1. The van der Waals surface area contributed by atoms with Crippen molar-refractivity contribution in [2.45, 2.75) is 19.4 Å². The highest BCUT2D eigenvalue weighted by Gasteiger charge is 2.34. The number of esters is 1. The van der Waals surface area contributed by atoms with E-state index in [1.54, 1.807) is 31.4 Å². The summed E-state index contributed by atoms with van der Waals surface area (Å²) in [6.07, 6.45) is 0.489. The van der Waals surface area contributed by atoms with Gasteiger partial charge in [0, 0.05) is 24.5 Å². The molecule has 0 spiro atoms. The predicted octanol–water partition coefficient (Wildman–Crippen LogP) is 4.61. The molecule has 0 N–H and O–H groups in total. The summed E-state index contributed by atoms with van der Waals surface area (Å²) in [7, 11) is 1.61. The summed E-state index contributed by atoms with van der Waals surface area (Å²) in [6, 6.07) is 23.6. The van der Waals surface area contributed by atoms with Crippen molar-refractivity contribution in [1.82, 2.24) is 5.01 Å². The Morgan fingerprint density at radius 3 is 2.29 bits per heavy atom. The second-order valence-electron chi connectivity index (χ2n) is 7.15. The van der Waals surface area contributed by atoms with E-state index in [-0.39, 0.29) is 11.9 Å². The molecule has 0 bridgehead atoms. The van der Waals surface area contributed by atoms with E-state index >= 15 is 0 Å². The van der Waals surface area contributed by atoms with Gasteiger partial charge in [-0.25, -0.2) is 5.01 Å². The minimum Gasteiger partial charge on any atom is -0.497 e. The van der Waals surface area contributed by atoms with Gasteiger partial charge in [0.1, 0.15) is 11.5 Å². The Morgan fingerprint density at radius 2 is 1.61 bits per heavy atom. The van der Waals surface area contributed by atoms with Gasteiger partial charge in [0.05, 0.1) is 18.9 Å². The minimum absolute atomic E-state index is 0.193. The first kappa shape index (κ1) is 20.3. The number of carbonyl (C=O) groups is 2. The van der Waals surface area contributed by atoms with Gasteiger partial charge in [0.2, 0.25) is 0 Å². The van der Waals surface area contributed by atoms with E-state index in [0.29, 0.717) is 29.0 Å². The van der Waals surface area contributed by atoms with Gasteiger partial charge in [0.25, 0.3) is 5.91 Å². The first-order valence-corrected chi connectivity index (χ1v) is 9.94. The van der Waals surface area contributed by atoms with Gasteiger partial charge >= 0.3 is 5.97 Å². The van der Waals surface area contributed by atoms with Crippen LogP contribution < -0.4 is 9.47 Å². The highest BCUT2D eigenvalue weighted by molar-refractivity contribution is 6.07. The molecule has 6 nitrogen and oxygen atoms in total. The Hall–Kier alpha value is -3.93. The molecule has 0 aromatic heterocycles. The molecular formula is C25H22N2O4. The van der Waals surface area contributed by atoms with Crippen LogP contribution in [-0.2, 0) is 4.79 Å². The van der Waals surface area contributed by atoms with Crippen LogP contribution in [0.25, 0.3) is 0 Å². The van der Waals surface area contributed by atoms with E-state index in [0.717, 1.165) is 11.3 Å². The van der Waals surface area contributed by atoms with Crippen molar-refractivity contribution < 1.29 is 19.1 Å². The number of hydrogen-bond donors (Lipinski definition) is 0. The first-order chi connectivity index (χ1) is 15.1. The zero-order valence-corrected chi connectivity index (χ0v) is 17.3. The van der Waals surface area contributed by atoms with E-state index in [9.17, 15) is 9.59 Å². The Morgan fingerprint density at radius 1 is 0.935 bits per heavy atom. The van der Waals surface area contributed by atoms with Gasteiger partial charge in [-0.2, -0.15) is 5.10 Å². The number of hydrogen-bond acceptors (Lipinski definition) is 5. The molecular weight excluding hydrogens is 392 g/mol. The number of amides is 1. The third kappa shape index (κ3) is 4.33. The molecule has 1 heterocycles. The summed E-state index contributed by atoms with van der Waals surface area (Å²) in [6.45, 7) is 1.36. The second-order valence-corrected chi connectivity index (χ2v) is 7.15. The minimum atomic E-state index is -0.407. The zero-order valence-electron chi connectivity index (χ0n) is 17.3. The smallest absolute Gasteiger partial charge is 0.308 e. The summed E-state index contributed by atoms with van der Waals surface area (Å²) in [5.41, 5.74) is 2.87. The van der Waals surface area contributed by atoms with Crippen molar-refractivity contribution in [3.8, 4) is 11.5 Å². The molecule has 3 aromatic carbocycles. The number of hydrazone groups is 1. The largest absolute Gasteiger partial charge is 0.497 e. The lowest BCUT2D eigenvalue weighted by Gasteiger charge is -2.22. The highest BCUT2D eigenvalue weighted by atomic mass is 16.5. The predicted molar refractivity (Wildman–Crippen MR) is 117 cm³/mol. The average molecular weight is 414 g/mol. The van der Waals surface area contributed by atoms with Crippen LogP contribution >= 0.6 is 0 Å². The van der Waals surface area contributed by atoms with E-state index in [1.807, 2.05) is 54.6 Å². The standard InChI is InChI=1S/C25H22N2O4/c1-17(28)31-24-11-7-6-10-21(24)22-16-23(18-12-14-20(30-2)15-13-18)27(26-22)25(29)19-8-4-3-5-9-19/h3-15,23H,16H2,1-2H3/t23-/m1/s1. The molecule has 0 fully saturated rings. The van der Waals surface area contributed by atoms with Crippen molar-refractivity contribution >= 4 is 17.6 Å². The van der Waals surface area contributed by atoms with Crippen LogP contribution in [0.2, 0.25) is 0 Å². The van der Waals surface area contributed by atoms with Crippen molar-refractivity contribution in [2.75, 3.05) is 7.11 Å². The number of carbonyl (C=O) groups excluding carboxylic acids is 2. The van der Waals surface area contributed by atoms with Crippen LogP contribution in [0.5, 0.6) is 11.5 Å². The molecule has 3 aromatic rings. The van der Waals surface area contributed by atoms with Gasteiger partial charge in [-0.1, -0.05) is 42.5 Å². The second kappa shape index (κ2) is 8.83. The lowest BCUT2D eigenvalue weighted by molar-refractivity contribution is -0.131. The average Bonchev–Trinajstić information content (AvgIpc) is 3.24. The van der Waals surface area contributed by atoms with E-state index in [1.165, 1.54) is 11.9 Å². The zero-order chi connectivity index (χ0) is 21.8. The van der Waals surface area contributed by atoms with Crippen molar-refractivity contribution in [3.05, 3.63) is 95.6 Å². The van der Waals surface area contributed by atoms with E-state index in [2.05, 4.69) is 5.10 Å². The molecule has 0 unspecified atom stereocenters. The van der Waals surface area contributed by atoms with Crippen LogP contribution in [0.15, 0.2) is 84.0 Å². The van der Waals surface area contributed by atoms with E-state index in [4.69, 9.17) is 9.47 Å². The quantitative estimate of drug-likeness (QED) is 0.452. The first-order valence-electron chi connectivity index (χ1n) is 9.94. The number of rotatable bonds is 5. The molecule has 4 rings (SSSR count). The van der Waals surface area contributed by atoms with Gasteiger partial charge in [-0.3, -0.25) is 9.59 Å². The normalized spacial score (nSPS) is 15.4. The Bertz CT molecular complexity index is 1120. The van der Waals surface area contributed by atoms with Crippen LogP contribution in [0.1, 0.15) is 40.9 Å². The maximum Gasteiger partial charge on any atom is 0.308 e. The lowest BCUT2D eigenvalue weighted by atomic mass is 9.97. The molecule has 1 aliphatic heterocycles. The van der Waals surface area contributed by atoms with Gasteiger partial charge in [-0.15, -0.1) is 0 Å². The molecule has 156 valence electrons. The summed E-state index contributed by atoms with van der Waals surface area (Å²) in [5, 5.41) is 6.19. The maximum atomic E-state index is 13.3. The van der Waals surface area contributed by atoms with Gasteiger partial charge < -0.3 is 9.47 Å². The number of methoxy groups -OCH3 is 1. The fourth-order valence-electron chi connectivity index (χ4n) is 3.61. The van der Waals surface area contributed by atoms with E-state index < -0.39 is 5.97 Å². The monoisotopic (exact) mass is 414 g/mol. The molecule has 1 aliphatic rings. The Labute approximate surface area is 180 Å². The third-order valence-electron chi connectivity index (χ3n) is 5.09. The molecule has 0 saturated heterocycles. The number of benzene rings is 3. The molecule has 1 amide bonds. The fourth-order valence-corrected chi connectivity index (χ4v) is 3.61. The summed E-state index contributed by atoms with van der Waals surface area (Å²) >= 11 is 0. The summed E-state index contributed by atoms with van der Waals surface area (Å²) in [4.78, 5) is 24.8. The van der Waals surface area contributed by atoms with Gasteiger partial charge in [0.15, 0.2) is 0 Å². The molecule has 6 heteroatoms. The molecule has 1 atom stereocenters. The third-order valence-corrected chi connectivity index (χ3v) is 5.09. The number of ether oxygens (including phenoxy) is 2. The number of nitrogens with zero attached hydrogens (tertiary/aromatic N) is 2. The topological polar surface area (TPSA) is 68.2 Å². The molecule has 31 heavy (non-hydrogen) atoms. The van der Waals surface area contributed by atoms with Crippen LogP contribution in [0.4, 0.5) is 0 Å². The summed E-state index contributed by atoms with van der Waals surface area (Å²) < 4.78 is 10.6. The lowest BCUT2D eigenvalue weighted by Crippen LogP contribution is -2.27. The summed E-state index contributed by atoms with van der Waals surface area (Å²) in [5.74, 6) is 0.566. The van der Waals surface area contributed by atoms with Crippen molar-refractivity contribution in [2.24, 2.45) is 5.10 Å². The molecule has 0 radical (unpaired) electrons. The maximum absolute atomic E-state index is 13.3. The van der Waals surface area contributed by atoms with Crippen LogP contribution in [0, 0.1) is 0 Å². The van der Waals surface area contributed by atoms with Crippen molar-refractivity contribution in [1.29, 1.82) is 0 Å². The van der Waals surface area contributed by atoms with Crippen LogP contribution in [0.3, 0.4) is 0 Å². The van der Waals surface area contributed by atoms with Gasteiger partial charge in [-0.05, 0) is 42.0 Å². The highest BCUT2D eigenvalue weighted by Crippen LogP contribution is 2.36. The Kier molecular flexibility index (Phi) is 5.80.